The fourth-order valence-corrected chi connectivity index (χ4v) is 1.98. The second-order valence-corrected chi connectivity index (χ2v) is 4.91. The predicted molar refractivity (Wildman–Crippen MR) is 75.7 cm³/mol. The van der Waals surface area contributed by atoms with Crippen LogP contribution in [0, 0.1) is 0 Å². The Morgan fingerprint density at radius 3 is 2.89 bits per heavy atom. The number of amides is 1. The van der Waals surface area contributed by atoms with Gasteiger partial charge in [-0.15, -0.1) is 0 Å². The van der Waals surface area contributed by atoms with Crippen LogP contribution in [0.25, 0.3) is 0 Å². The molecule has 4 nitrogen and oxygen atoms in total. The van der Waals surface area contributed by atoms with E-state index < -0.39 is 6.10 Å². The van der Waals surface area contributed by atoms with Gasteiger partial charge in [-0.2, -0.15) is 0 Å². The summed E-state index contributed by atoms with van der Waals surface area (Å²) in [6.07, 6.45) is 0.106. The van der Waals surface area contributed by atoms with Crippen LogP contribution < -0.4 is 5.32 Å². The molecule has 0 aromatic heterocycles. The highest BCUT2D eigenvalue weighted by atomic mass is 35.5. The Morgan fingerprint density at radius 1 is 1.47 bits per heavy atom. The smallest absolute Gasteiger partial charge is 0.220 e. The SMILES string of the molecule is COCC(O)CNC(=O)CCc1cccc(Cl)c1Cl. The molecule has 0 bridgehead atoms. The summed E-state index contributed by atoms with van der Waals surface area (Å²) in [4.78, 5) is 11.6. The highest BCUT2D eigenvalue weighted by molar-refractivity contribution is 6.42. The molecule has 0 aliphatic rings. The molecule has 1 rings (SSSR count). The molecule has 0 aliphatic heterocycles. The number of methoxy groups -OCH3 is 1. The van der Waals surface area contributed by atoms with E-state index in [9.17, 15) is 9.90 Å². The number of carbonyl (C=O) groups excluding carboxylic acids is 1. The van der Waals surface area contributed by atoms with E-state index >= 15 is 0 Å². The Labute approximate surface area is 122 Å². The van der Waals surface area contributed by atoms with Gasteiger partial charge in [-0.05, 0) is 18.1 Å². The van der Waals surface area contributed by atoms with Crippen molar-refractivity contribution in [3.05, 3.63) is 33.8 Å². The molecule has 19 heavy (non-hydrogen) atoms. The van der Waals surface area contributed by atoms with E-state index in [4.69, 9.17) is 27.9 Å². The molecule has 1 aromatic carbocycles. The first kappa shape index (κ1) is 16.2. The quantitative estimate of drug-likeness (QED) is 0.810. The van der Waals surface area contributed by atoms with E-state index in [1.807, 2.05) is 6.07 Å². The lowest BCUT2D eigenvalue weighted by molar-refractivity contribution is -0.121. The topological polar surface area (TPSA) is 58.6 Å². The lowest BCUT2D eigenvalue weighted by atomic mass is 10.1. The maximum Gasteiger partial charge on any atom is 0.220 e. The fourth-order valence-electron chi connectivity index (χ4n) is 1.56. The van der Waals surface area contributed by atoms with Gasteiger partial charge >= 0.3 is 0 Å². The number of ether oxygens (including phenoxy) is 1. The van der Waals surface area contributed by atoms with Crippen molar-refractivity contribution in [1.82, 2.24) is 5.32 Å². The number of carbonyl (C=O) groups is 1. The monoisotopic (exact) mass is 305 g/mol. The Kier molecular flexibility index (Phi) is 7.16. The van der Waals surface area contributed by atoms with Gasteiger partial charge in [-0.1, -0.05) is 35.3 Å². The molecule has 1 aromatic rings. The third-order valence-electron chi connectivity index (χ3n) is 2.55. The van der Waals surface area contributed by atoms with E-state index in [-0.39, 0.29) is 19.1 Å². The number of aliphatic hydroxyl groups is 1. The number of hydrogen-bond donors (Lipinski definition) is 2. The normalized spacial score (nSPS) is 12.2. The molecule has 0 heterocycles. The standard InChI is InChI=1S/C13H17Cl2NO3/c1-19-8-10(17)7-16-12(18)6-5-9-3-2-4-11(14)13(9)15/h2-4,10,17H,5-8H2,1H3,(H,16,18). The number of rotatable bonds is 7. The second kappa shape index (κ2) is 8.38. The van der Waals surface area contributed by atoms with Crippen molar-refractivity contribution >= 4 is 29.1 Å². The molecule has 0 saturated carbocycles. The van der Waals surface area contributed by atoms with Crippen molar-refractivity contribution in [3.63, 3.8) is 0 Å². The summed E-state index contributed by atoms with van der Waals surface area (Å²) in [5, 5.41) is 13.0. The molecule has 0 radical (unpaired) electrons. The summed E-state index contributed by atoms with van der Waals surface area (Å²) in [5.41, 5.74) is 0.835. The summed E-state index contributed by atoms with van der Waals surface area (Å²) in [6, 6.07) is 5.33. The minimum atomic E-state index is -0.691. The van der Waals surface area contributed by atoms with Gasteiger partial charge in [0.25, 0.3) is 0 Å². The first-order valence-electron chi connectivity index (χ1n) is 5.91. The molecule has 0 fully saturated rings. The Bertz CT molecular complexity index is 426. The molecule has 0 aliphatic carbocycles. The molecule has 0 saturated heterocycles. The summed E-state index contributed by atoms with van der Waals surface area (Å²) in [5.74, 6) is -0.147. The Balaban J connectivity index is 2.36. The molecular weight excluding hydrogens is 289 g/mol. The average molecular weight is 306 g/mol. The third kappa shape index (κ3) is 5.78. The molecule has 1 unspecified atom stereocenters. The van der Waals surface area contributed by atoms with Gasteiger partial charge in [0.15, 0.2) is 0 Å². The highest BCUT2D eigenvalue weighted by Crippen LogP contribution is 2.26. The van der Waals surface area contributed by atoms with Crippen LogP contribution in [0.2, 0.25) is 10.0 Å². The zero-order chi connectivity index (χ0) is 14.3. The molecule has 1 atom stereocenters. The van der Waals surface area contributed by atoms with Crippen molar-refractivity contribution in [1.29, 1.82) is 0 Å². The summed E-state index contributed by atoms with van der Waals surface area (Å²) in [7, 11) is 1.49. The first-order valence-corrected chi connectivity index (χ1v) is 6.66. The van der Waals surface area contributed by atoms with Gasteiger partial charge in [0.05, 0.1) is 22.8 Å². The number of aliphatic hydroxyl groups excluding tert-OH is 1. The van der Waals surface area contributed by atoms with Gasteiger partial charge < -0.3 is 15.2 Å². The molecule has 0 spiro atoms. The van der Waals surface area contributed by atoms with Crippen molar-refractivity contribution < 1.29 is 14.6 Å². The lowest BCUT2D eigenvalue weighted by Gasteiger charge is -2.11. The van der Waals surface area contributed by atoms with Crippen LogP contribution in [0.4, 0.5) is 0 Å². The van der Waals surface area contributed by atoms with Crippen molar-refractivity contribution in [2.75, 3.05) is 20.3 Å². The summed E-state index contributed by atoms with van der Waals surface area (Å²) in [6.45, 7) is 0.371. The van der Waals surface area contributed by atoms with E-state index in [0.29, 0.717) is 22.9 Å². The first-order chi connectivity index (χ1) is 9.04. The predicted octanol–water partition coefficient (Wildman–Crippen LogP) is 2.05. The van der Waals surface area contributed by atoms with Crippen LogP contribution in [0.15, 0.2) is 18.2 Å². The van der Waals surface area contributed by atoms with E-state index in [1.165, 1.54) is 7.11 Å². The zero-order valence-electron chi connectivity index (χ0n) is 10.7. The van der Waals surface area contributed by atoms with Crippen LogP contribution in [0.3, 0.4) is 0 Å². The summed E-state index contributed by atoms with van der Waals surface area (Å²) >= 11 is 11.9. The minimum Gasteiger partial charge on any atom is -0.389 e. The van der Waals surface area contributed by atoms with E-state index in [1.54, 1.807) is 12.1 Å². The van der Waals surface area contributed by atoms with Crippen molar-refractivity contribution in [2.24, 2.45) is 0 Å². The maximum atomic E-state index is 11.6. The molecular formula is C13H17Cl2NO3. The van der Waals surface area contributed by atoms with Gasteiger partial charge in [-0.25, -0.2) is 0 Å². The average Bonchev–Trinajstić information content (AvgIpc) is 2.38. The van der Waals surface area contributed by atoms with E-state index in [0.717, 1.165) is 5.56 Å². The number of nitrogens with one attached hydrogen (secondary N) is 1. The Morgan fingerprint density at radius 2 is 2.21 bits per heavy atom. The summed E-state index contributed by atoms with van der Waals surface area (Å²) < 4.78 is 4.76. The minimum absolute atomic E-state index is 0.147. The molecule has 106 valence electrons. The third-order valence-corrected chi connectivity index (χ3v) is 3.40. The van der Waals surface area contributed by atoms with Gasteiger partial charge in [0.2, 0.25) is 5.91 Å². The van der Waals surface area contributed by atoms with Crippen molar-refractivity contribution in [2.45, 2.75) is 18.9 Å². The van der Waals surface area contributed by atoms with Crippen LogP contribution in [0.5, 0.6) is 0 Å². The highest BCUT2D eigenvalue weighted by Gasteiger charge is 2.09. The number of benzene rings is 1. The van der Waals surface area contributed by atoms with E-state index in [2.05, 4.69) is 5.32 Å². The van der Waals surface area contributed by atoms with Crippen molar-refractivity contribution in [3.8, 4) is 0 Å². The Hall–Kier alpha value is -0.810. The number of aryl methyl sites for hydroxylation is 1. The molecule has 2 N–H and O–H groups in total. The largest absolute Gasteiger partial charge is 0.389 e. The van der Waals surface area contributed by atoms with Crippen LogP contribution in [0.1, 0.15) is 12.0 Å². The fraction of sp³-hybridized carbons (Fsp3) is 0.462. The van der Waals surface area contributed by atoms with Gasteiger partial charge in [0, 0.05) is 20.1 Å². The van der Waals surface area contributed by atoms with Gasteiger partial charge in [0.1, 0.15) is 0 Å². The van der Waals surface area contributed by atoms with Gasteiger partial charge in [-0.3, -0.25) is 4.79 Å². The molecule has 1 amide bonds. The number of halogens is 2. The zero-order valence-corrected chi connectivity index (χ0v) is 12.2. The van der Waals surface area contributed by atoms with Crippen LogP contribution >= 0.6 is 23.2 Å². The van der Waals surface area contributed by atoms with Crippen LogP contribution in [-0.4, -0.2) is 37.4 Å². The maximum absolute atomic E-state index is 11.6. The number of hydrogen-bond acceptors (Lipinski definition) is 3. The van der Waals surface area contributed by atoms with Crippen LogP contribution in [-0.2, 0) is 16.0 Å². The molecule has 6 heteroatoms. The lowest BCUT2D eigenvalue weighted by Crippen LogP contribution is -2.34. The second-order valence-electron chi connectivity index (χ2n) is 4.13.